The van der Waals surface area contributed by atoms with Gasteiger partial charge in [0.25, 0.3) is 0 Å². The van der Waals surface area contributed by atoms with Gasteiger partial charge in [0.1, 0.15) is 0 Å². The van der Waals surface area contributed by atoms with Crippen molar-refractivity contribution in [1.82, 2.24) is 4.98 Å². The van der Waals surface area contributed by atoms with Crippen LogP contribution in [-0.2, 0) is 0 Å². The predicted molar refractivity (Wildman–Crippen MR) is 69.8 cm³/mol. The molecule has 0 unspecified atom stereocenters. The van der Waals surface area contributed by atoms with Gasteiger partial charge in [0.15, 0.2) is 0 Å². The van der Waals surface area contributed by atoms with Gasteiger partial charge in [-0.15, -0.1) is 11.3 Å². The predicted octanol–water partition coefficient (Wildman–Crippen LogP) is 4.27. The van der Waals surface area contributed by atoms with Crippen LogP contribution in [0.3, 0.4) is 0 Å². The molecule has 3 rings (SSSR count). The molecule has 0 aliphatic heterocycles. The van der Waals surface area contributed by atoms with Crippen LogP contribution in [0.2, 0.25) is 0 Å². The summed E-state index contributed by atoms with van der Waals surface area (Å²) in [6.45, 7) is 2.15. The van der Waals surface area contributed by atoms with Crippen molar-refractivity contribution in [1.29, 1.82) is 0 Å². The number of hydrogen-bond acceptors (Lipinski definition) is 2. The van der Waals surface area contributed by atoms with Crippen molar-refractivity contribution in [2.75, 3.05) is 0 Å². The molecule has 16 heavy (non-hydrogen) atoms. The number of hydrogen-bond donors (Lipinski definition) is 0. The minimum Gasteiger partial charge on any atom is -0.245 e. The summed E-state index contributed by atoms with van der Waals surface area (Å²) >= 11 is 1.64. The fraction of sp³-hybridized carbons (Fsp3) is 0.0714. The summed E-state index contributed by atoms with van der Waals surface area (Å²) in [4.78, 5) is 4.38. The van der Waals surface area contributed by atoms with Gasteiger partial charge in [-0.1, -0.05) is 36.4 Å². The van der Waals surface area contributed by atoms with Gasteiger partial charge >= 0.3 is 0 Å². The third-order valence-corrected chi connectivity index (χ3v) is 3.44. The van der Waals surface area contributed by atoms with Gasteiger partial charge in [0.2, 0.25) is 0 Å². The van der Waals surface area contributed by atoms with E-state index in [1.165, 1.54) is 21.9 Å². The molecule has 2 aromatic carbocycles. The average Bonchev–Trinajstić information content (AvgIpc) is 2.83. The molecular weight excluding hydrogens is 214 g/mol. The molecule has 0 atom stereocenters. The third-order valence-electron chi connectivity index (χ3n) is 2.85. The second kappa shape index (κ2) is 3.72. The van der Waals surface area contributed by atoms with Crippen LogP contribution >= 0.6 is 11.3 Å². The third kappa shape index (κ3) is 1.42. The largest absolute Gasteiger partial charge is 0.245 e. The van der Waals surface area contributed by atoms with E-state index in [0.29, 0.717) is 0 Å². The summed E-state index contributed by atoms with van der Waals surface area (Å²) in [6.07, 6.45) is 0. The van der Waals surface area contributed by atoms with E-state index in [-0.39, 0.29) is 0 Å². The smallest absolute Gasteiger partial charge is 0.0817 e. The van der Waals surface area contributed by atoms with Gasteiger partial charge in [-0.05, 0) is 23.3 Å². The molecule has 0 spiro atoms. The lowest BCUT2D eigenvalue weighted by atomic mass is 9.99. The van der Waals surface area contributed by atoms with E-state index in [9.17, 15) is 0 Å². The van der Waals surface area contributed by atoms with E-state index in [2.05, 4.69) is 53.7 Å². The van der Waals surface area contributed by atoms with Gasteiger partial charge in [0, 0.05) is 10.9 Å². The van der Waals surface area contributed by atoms with Crippen molar-refractivity contribution in [3.05, 3.63) is 52.9 Å². The molecule has 2 heteroatoms. The van der Waals surface area contributed by atoms with Gasteiger partial charge in [-0.2, -0.15) is 0 Å². The Morgan fingerprint density at radius 2 is 1.81 bits per heavy atom. The number of thiazole rings is 1. The molecular formula is C14H11NS. The Morgan fingerprint density at radius 3 is 2.56 bits per heavy atom. The van der Waals surface area contributed by atoms with Crippen LogP contribution in [0.15, 0.2) is 47.3 Å². The van der Waals surface area contributed by atoms with E-state index in [4.69, 9.17) is 0 Å². The molecule has 0 amide bonds. The van der Waals surface area contributed by atoms with Gasteiger partial charge in [0.05, 0.1) is 11.2 Å². The minimum absolute atomic E-state index is 1.07. The second-order valence-electron chi connectivity index (χ2n) is 3.85. The van der Waals surface area contributed by atoms with Crippen molar-refractivity contribution in [3.63, 3.8) is 0 Å². The lowest BCUT2D eigenvalue weighted by molar-refractivity contribution is 1.41. The highest BCUT2D eigenvalue weighted by molar-refractivity contribution is 7.07. The van der Waals surface area contributed by atoms with Crippen LogP contribution in [0.5, 0.6) is 0 Å². The number of fused-ring (bicyclic) bond motifs is 1. The summed E-state index contributed by atoms with van der Waals surface area (Å²) in [5, 5.41) is 4.69. The summed E-state index contributed by atoms with van der Waals surface area (Å²) in [5.41, 5.74) is 5.49. The van der Waals surface area contributed by atoms with Gasteiger partial charge in [-0.3, -0.25) is 0 Å². The molecule has 0 N–H and O–H groups in total. The van der Waals surface area contributed by atoms with E-state index >= 15 is 0 Å². The monoisotopic (exact) mass is 225 g/mol. The quantitative estimate of drug-likeness (QED) is 0.602. The van der Waals surface area contributed by atoms with Crippen molar-refractivity contribution >= 4 is 22.1 Å². The minimum atomic E-state index is 1.07. The first kappa shape index (κ1) is 9.55. The first-order chi connectivity index (χ1) is 7.86. The Labute approximate surface area is 98.4 Å². The van der Waals surface area contributed by atoms with E-state index in [1.807, 2.05) is 5.51 Å². The lowest BCUT2D eigenvalue weighted by Crippen LogP contribution is -1.83. The zero-order chi connectivity index (χ0) is 11.0. The van der Waals surface area contributed by atoms with Crippen LogP contribution in [-0.4, -0.2) is 4.98 Å². The standard InChI is InChI=1S/C14H11NS/c1-10-6-7-13(14-8-16-9-15-14)12-5-3-2-4-11(10)12/h2-9H,1H3. The molecule has 1 aromatic heterocycles. The molecule has 0 aliphatic rings. The molecule has 0 saturated heterocycles. The zero-order valence-electron chi connectivity index (χ0n) is 8.97. The Kier molecular flexibility index (Phi) is 2.22. The molecule has 1 nitrogen and oxygen atoms in total. The maximum atomic E-state index is 4.38. The number of aryl methyl sites for hydroxylation is 1. The molecule has 0 fully saturated rings. The number of nitrogens with zero attached hydrogens (tertiary/aromatic N) is 1. The van der Waals surface area contributed by atoms with E-state index in [0.717, 1.165) is 5.69 Å². The molecule has 3 aromatic rings. The Bertz CT molecular complexity index is 626. The molecule has 1 heterocycles. The topological polar surface area (TPSA) is 12.9 Å². The average molecular weight is 225 g/mol. The Balaban J connectivity index is 2.39. The highest BCUT2D eigenvalue weighted by Gasteiger charge is 2.06. The summed E-state index contributed by atoms with van der Waals surface area (Å²) in [5.74, 6) is 0. The summed E-state index contributed by atoms with van der Waals surface area (Å²) < 4.78 is 0. The maximum Gasteiger partial charge on any atom is 0.0817 e. The Morgan fingerprint density at radius 1 is 1.00 bits per heavy atom. The highest BCUT2D eigenvalue weighted by atomic mass is 32.1. The van der Waals surface area contributed by atoms with Crippen LogP contribution in [0.4, 0.5) is 0 Å². The van der Waals surface area contributed by atoms with Crippen molar-refractivity contribution < 1.29 is 0 Å². The van der Waals surface area contributed by atoms with Crippen LogP contribution in [0.25, 0.3) is 22.0 Å². The maximum absolute atomic E-state index is 4.38. The SMILES string of the molecule is Cc1ccc(-c2cscn2)c2ccccc12. The fourth-order valence-electron chi connectivity index (χ4n) is 2.02. The van der Waals surface area contributed by atoms with Crippen molar-refractivity contribution in [3.8, 4) is 11.3 Å². The number of benzene rings is 2. The molecule has 0 saturated carbocycles. The van der Waals surface area contributed by atoms with Crippen molar-refractivity contribution in [2.24, 2.45) is 0 Å². The molecule has 0 aliphatic carbocycles. The summed E-state index contributed by atoms with van der Waals surface area (Å²) in [7, 11) is 0. The molecule has 78 valence electrons. The van der Waals surface area contributed by atoms with Crippen LogP contribution in [0, 0.1) is 6.92 Å². The first-order valence-electron chi connectivity index (χ1n) is 5.23. The van der Waals surface area contributed by atoms with Gasteiger partial charge < -0.3 is 0 Å². The number of rotatable bonds is 1. The fourth-order valence-corrected chi connectivity index (χ4v) is 2.57. The molecule has 0 radical (unpaired) electrons. The summed E-state index contributed by atoms with van der Waals surface area (Å²) in [6, 6.07) is 12.8. The lowest BCUT2D eigenvalue weighted by Gasteiger charge is -2.06. The van der Waals surface area contributed by atoms with Crippen LogP contribution < -0.4 is 0 Å². The molecule has 0 bridgehead atoms. The normalized spacial score (nSPS) is 10.8. The van der Waals surface area contributed by atoms with Crippen molar-refractivity contribution in [2.45, 2.75) is 6.92 Å². The van der Waals surface area contributed by atoms with Gasteiger partial charge in [-0.25, -0.2) is 4.98 Å². The second-order valence-corrected chi connectivity index (χ2v) is 4.57. The Hall–Kier alpha value is -1.67. The highest BCUT2D eigenvalue weighted by Crippen LogP contribution is 2.30. The van der Waals surface area contributed by atoms with E-state index < -0.39 is 0 Å². The van der Waals surface area contributed by atoms with E-state index in [1.54, 1.807) is 11.3 Å². The zero-order valence-corrected chi connectivity index (χ0v) is 9.79. The number of aromatic nitrogens is 1. The van der Waals surface area contributed by atoms with Crippen LogP contribution in [0.1, 0.15) is 5.56 Å². The first-order valence-corrected chi connectivity index (χ1v) is 6.17.